The third-order valence-electron chi connectivity index (χ3n) is 2.80. The largest absolute Gasteiger partial charge is 0.416 e. The first-order valence-electron chi connectivity index (χ1n) is 6.48. The number of alkyl halides is 3. The van der Waals surface area contributed by atoms with Gasteiger partial charge >= 0.3 is 6.18 Å². The standard InChI is InChI=1S/C13H17F3N2O2S2/c1-2-6-18(8-12(17)21)22(19,20)9-10-4-3-5-11(7-10)13(14,15)16/h3-5,7H,2,6,8-9H2,1H3,(H2,17,21). The van der Waals surface area contributed by atoms with Gasteiger partial charge in [0.1, 0.15) is 0 Å². The number of thiocarbonyl (C=S) groups is 1. The molecule has 22 heavy (non-hydrogen) atoms. The molecule has 0 amide bonds. The van der Waals surface area contributed by atoms with E-state index in [2.05, 4.69) is 0 Å². The first kappa shape index (κ1) is 18.9. The highest BCUT2D eigenvalue weighted by molar-refractivity contribution is 7.88. The predicted octanol–water partition coefficient (Wildman–Crippen LogP) is 2.53. The topological polar surface area (TPSA) is 63.4 Å². The molecule has 0 unspecified atom stereocenters. The van der Waals surface area contributed by atoms with Crippen LogP contribution in [-0.4, -0.2) is 30.8 Å². The van der Waals surface area contributed by atoms with E-state index in [4.69, 9.17) is 18.0 Å². The van der Waals surface area contributed by atoms with Crippen LogP contribution in [0.25, 0.3) is 0 Å². The number of halogens is 3. The molecule has 124 valence electrons. The fourth-order valence-electron chi connectivity index (χ4n) is 1.88. The zero-order valence-corrected chi connectivity index (χ0v) is 13.6. The van der Waals surface area contributed by atoms with Crippen molar-refractivity contribution in [2.45, 2.75) is 25.3 Å². The zero-order chi connectivity index (χ0) is 17.0. The van der Waals surface area contributed by atoms with Gasteiger partial charge in [-0.25, -0.2) is 8.42 Å². The van der Waals surface area contributed by atoms with Gasteiger partial charge < -0.3 is 5.73 Å². The van der Waals surface area contributed by atoms with Crippen molar-refractivity contribution in [2.24, 2.45) is 5.73 Å². The minimum absolute atomic E-state index is 0.0149. The molecule has 0 aliphatic carbocycles. The summed E-state index contributed by atoms with van der Waals surface area (Å²) >= 11 is 4.71. The van der Waals surface area contributed by atoms with Gasteiger partial charge in [0.25, 0.3) is 0 Å². The van der Waals surface area contributed by atoms with Gasteiger partial charge in [-0.2, -0.15) is 17.5 Å². The van der Waals surface area contributed by atoms with E-state index in [1.54, 1.807) is 6.92 Å². The molecule has 0 heterocycles. The van der Waals surface area contributed by atoms with Crippen LogP contribution in [0.3, 0.4) is 0 Å². The summed E-state index contributed by atoms with van der Waals surface area (Å²) in [4.78, 5) is 0.0149. The molecule has 0 aliphatic rings. The molecule has 9 heteroatoms. The van der Waals surface area contributed by atoms with Gasteiger partial charge in [0.2, 0.25) is 10.0 Å². The Morgan fingerprint density at radius 3 is 2.50 bits per heavy atom. The lowest BCUT2D eigenvalue weighted by molar-refractivity contribution is -0.137. The van der Waals surface area contributed by atoms with Crippen LogP contribution in [0.5, 0.6) is 0 Å². The Labute approximate surface area is 133 Å². The van der Waals surface area contributed by atoms with Gasteiger partial charge in [0, 0.05) is 6.54 Å². The summed E-state index contributed by atoms with van der Waals surface area (Å²) in [7, 11) is -3.80. The van der Waals surface area contributed by atoms with Crippen molar-refractivity contribution in [3.63, 3.8) is 0 Å². The van der Waals surface area contributed by atoms with Crippen molar-refractivity contribution in [2.75, 3.05) is 13.1 Å². The Hall–Kier alpha value is -1.19. The average molecular weight is 354 g/mol. The van der Waals surface area contributed by atoms with Crippen molar-refractivity contribution in [1.82, 2.24) is 4.31 Å². The summed E-state index contributed by atoms with van der Waals surface area (Å²) in [6.07, 6.45) is -3.97. The van der Waals surface area contributed by atoms with Crippen molar-refractivity contribution in [3.8, 4) is 0 Å². The molecule has 0 spiro atoms. The Morgan fingerprint density at radius 1 is 1.36 bits per heavy atom. The van der Waals surface area contributed by atoms with Crippen LogP contribution in [0.15, 0.2) is 24.3 Å². The van der Waals surface area contributed by atoms with E-state index in [1.807, 2.05) is 0 Å². The summed E-state index contributed by atoms with van der Waals surface area (Å²) in [5.41, 5.74) is 4.56. The quantitative estimate of drug-likeness (QED) is 0.765. The van der Waals surface area contributed by atoms with E-state index in [-0.39, 0.29) is 23.6 Å². The lowest BCUT2D eigenvalue weighted by Gasteiger charge is -2.21. The average Bonchev–Trinajstić information content (AvgIpc) is 2.36. The summed E-state index contributed by atoms with van der Waals surface area (Å²) in [5, 5.41) is 0. The second-order valence-corrected chi connectivity index (χ2v) is 7.25. The molecule has 1 aromatic carbocycles. The van der Waals surface area contributed by atoms with Gasteiger partial charge in [-0.05, 0) is 18.1 Å². The highest BCUT2D eigenvalue weighted by Gasteiger charge is 2.31. The van der Waals surface area contributed by atoms with Crippen LogP contribution in [0.4, 0.5) is 13.2 Å². The van der Waals surface area contributed by atoms with Crippen LogP contribution < -0.4 is 5.73 Å². The highest BCUT2D eigenvalue weighted by Crippen LogP contribution is 2.30. The molecule has 2 N–H and O–H groups in total. The second kappa shape index (κ2) is 7.38. The van der Waals surface area contributed by atoms with Crippen molar-refractivity contribution >= 4 is 27.2 Å². The van der Waals surface area contributed by atoms with Crippen LogP contribution in [-0.2, 0) is 22.0 Å². The van der Waals surface area contributed by atoms with Crippen LogP contribution >= 0.6 is 12.2 Å². The monoisotopic (exact) mass is 354 g/mol. The molecule has 0 saturated heterocycles. The van der Waals surface area contributed by atoms with E-state index >= 15 is 0 Å². The summed E-state index contributed by atoms with van der Waals surface area (Å²) in [6.45, 7) is 1.87. The molecular weight excluding hydrogens is 337 g/mol. The van der Waals surface area contributed by atoms with Gasteiger partial charge in [0.15, 0.2) is 0 Å². The van der Waals surface area contributed by atoms with Crippen molar-refractivity contribution < 1.29 is 21.6 Å². The number of nitrogens with two attached hydrogens (primary N) is 1. The first-order chi connectivity index (χ1) is 10.1. The van der Waals surface area contributed by atoms with Gasteiger partial charge in [-0.1, -0.05) is 37.3 Å². The first-order valence-corrected chi connectivity index (χ1v) is 8.50. The zero-order valence-electron chi connectivity index (χ0n) is 11.9. The van der Waals surface area contributed by atoms with Crippen molar-refractivity contribution in [3.05, 3.63) is 35.4 Å². The van der Waals surface area contributed by atoms with E-state index in [0.29, 0.717) is 6.42 Å². The van der Waals surface area contributed by atoms with Gasteiger partial charge in [-0.3, -0.25) is 0 Å². The fourth-order valence-corrected chi connectivity index (χ4v) is 3.70. The molecule has 0 aromatic heterocycles. The predicted molar refractivity (Wildman–Crippen MR) is 82.7 cm³/mol. The Morgan fingerprint density at radius 2 is 2.00 bits per heavy atom. The minimum atomic E-state index is -4.51. The normalized spacial score (nSPS) is 12.6. The molecule has 1 rings (SSSR count). The second-order valence-electron chi connectivity index (χ2n) is 4.75. The Kier molecular flexibility index (Phi) is 6.33. The third kappa shape index (κ3) is 5.54. The molecule has 0 saturated carbocycles. The molecule has 1 aromatic rings. The third-order valence-corrected chi connectivity index (χ3v) is 4.73. The van der Waals surface area contributed by atoms with Crippen molar-refractivity contribution in [1.29, 1.82) is 0 Å². The minimum Gasteiger partial charge on any atom is -0.392 e. The van der Waals surface area contributed by atoms with Gasteiger partial charge in [-0.15, -0.1) is 0 Å². The molecule has 0 aliphatic heterocycles. The van der Waals surface area contributed by atoms with E-state index in [1.165, 1.54) is 12.1 Å². The highest BCUT2D eigenvalue weighted by atomic mass is 32.2. The van der Waals surface area contributed by atoms with Gasteiger partial charge in [0.05, 0.1) is 22.8 Å². The maximum atomic E-state index is 12.7. The number of benzene rings is 1. The number of nitrogens with zero attached hydrogens (tertiary/aromatic N) is 1. The summed E-state index contributed by atoms with van der Waals surface area (Å²) < 4.78 is 63.7. The SMILES string of the molecule is CCCN(CC(N)=S)S(=O)(=O)Cc1cccc(C(F)(F)F)c1. The maximum Gasteiger partial charge on any atom is 0.416 e. The number of sulfonamides is 1. The van der Waals surface area contributed by atoms with Crippen LogP contribution in [0, 0.1) is 0 Å². The molecule has 0 bridgehead atoms. The number of hydrogen-bond donors (Lipinski definition) is 1. The van der Waals surface area contributed by atoms with E-state index in [0.717, 1.165) is 16.4 Å². The van der Waals surface area contributed by atoms with E-state index < -0.39 is 27.5 Å². The summed E-state index contributed by atoms with van der Waals surface area (Å²) in [5.74, 6) is -0.528. The number of rotatable bonds is 7. The lowest BCUT2D eigenvalue weighted by Crippen LogP contribution is -2.38. The molecular formula is C13H17F3N2O2S2. The molecule has 0 radical (unpaired) electrons. The number of hydrogen-bond acceptors (Lipinski definition) is 3. The van der Waals surface area contributed by atoms with E-state index in [9.17, 15) is 21.6 Å². The smallest absolute Gasteiger partial charge is 0.392 e. The van der Waals surface area contributed by atoms with Crippen LogP contribution in [0.2, 0.25) is 0 Å². The Balaban J connectivity index is 3.02. The molecule has 4 nitrogen and oxygen atoms in total. The van der Waals surface area contributed by atoms with Crippen LogP contribution in [0.1, 0.15) is 24.5 Å². The maximum absolute atomic E-state index is 12.7. The fraction of sp³-hybridized carbons (Fsp3) is 0.462. The Bertz CT molecular complexity index is 630. The lowest BCUT2D eigenvalue weighted by atomic mass is 10.1. The summed E-state index contributed by atoms with van der Waals surface area (Å²) in [6, 6.07) is 4.26. The molecule has 0 atom stereocenters. The molecule has 0 fully saturated rings.